The fourth-order valence-corrected chi connectivity index (χ4v) is 5.73. The number of likely N-dealkylation sites (N-methyl/N-ethyl adjacent to an activating group) is 2. The highest BCUT2D eigenvalue weighted by Crippen LogP contribution is 2.38. The highest BCUT2D eigenvalue weighted by molar-refractivity contribution is 9.10. The first-order valence-corrected chi connectivity index (χ1v) is 15.7. The molecule has 0 saturated heterocycles. The minimum Gasteiger partial charge on any atom is -0.495 e. The third kappa shape index (κ3) is 8.18. The van der Waals surface area contributed by atoms with E-state index in [0.29, 0.717) is 70.2 Å². The molecule has 0 fully saturated rings. The molecule has 1 atom stereocenters. The van der Waals surface area contributed by atoms with Gasteiger partial charge in [0.1, 0.15) is 12.4 Å². The maximum absolute atomic E-state index is 13.9. The van der Waals surface area contributed by atoms with Gasteiger partial charge in [-0.1, -0.05) is 23.7 Å². The zero-order valence-corrected chi connectivity index (χ0v) is 27.8. The second-order valence-corrected chi connectivity index (χ2v) is 12.0. The Balaban J connectivity index is 1.54. The van der Waals surface area contributed by atoms with Gasteiger partial charge in [-0.05, 0) is 98.3 Å². The van der Waals surface area contributed by atoms with Gasteiger partial charge in [0.2, 0.25) is 5.91 Å². The minimum atomic E-state index is -0.401. The smallest absolute Gasteiger partial charge is 0.258 e. The Hall–Kier alpha value is -3.44. The molecule has 1 aliphatic heterocycles. The number of methoxy groups -OCH3 is 1. The van der Waals surface area contributed by atoms with Gasteiger partial charge in [0.15, 0.2) is 0 Å². The number of fused-ring (bicyclic) bond motifs is 1. The topological polar surface area (TPSA) is 91.4 Å². The summed E-state index contributed by atoms with van der Waals surface area (Å²) in [4.78, 5) is 45.3. The molecule has 0 aliphatic carbocycles. The number of amides is 3. The average molecular weight is 686 g/mol. The molecule has 3 aromatic carbocycles. The van der Waals surface area contributed by atoms with Gasteiger partial charge in [-0.3, -0.25) is 14.4 Å². The van der Waals surface area contributed by atoms with Gasteiger partial charge in [0.25, 0.3) is 11.8 Å². The molecule has 3 aromatic rings. The number of carbonyl (C=O) groups excluding carboxylic acids is 3. The SMILES string of the molecule is CCN(CCN(C)C)C(=O)COC1CCCN(C(=O)c2ccc(NC(=O)c3ccccc3Br)c(OC)c2)c2ccc(Cl)cc21. The predicted octanol–water partition coefficient (Wildman–Crippen LogP) is 6.27. The second kappa shape index (κ2) is 15.5. The van der Waals surface area contributed by atoms with Gasteiger partial charge in [-0.2, -0.15) is 0 Å². The van der Waals surface area contributed by atoms with Crippen molar-refractivity contribution in [3.8, 4) is 5.75 Å². The molecule has 1 unspecified atom stereocenters. The number of ether oxygens (including phenoxy) is 2. The molecule has 0 radical (unpaired) electrons. The lowest BCUT2D eigenvalue weighted by Gasteiger charge is -2.26. The highest BCUT2D eigenvalue weighted by Gasteiger charge is 2.29. The van der Waals surface area contributed by atoms with Crippen molar-refractivity contribution in [3.63, 3.8) is 0 Å². The van der Waals surface area contributed by atoms with E-state index in [9.17, 15) is 14.4 Å². The third-order valence-electron chi connectivity index (χ3n) is 7.50. The van der Waals surface area contributed by atoms with Crippen molar-refractivity contribution in [1.29, 1.82) is 0 Å². The van der Waals surface area contributed by atoms with Crippen molar-refractivity contribution >= 4 is 56.6 Å². The molecule has 4 rings (SSSR count). The summed E-state index contributed by atoms with van der Waals surface area (Å²) in [6.07, 6.45) is 0.881. The number of carbonyl (C=O) groups is 3. The largest absolute Gasteiger partial charge is 0.495 e. The van der Waals surface area contributed by atoms with E-state index >= 15 is 0 Å². The summed E-state index contributed by atoms with van der Waals surface area (Å²) in [5, 5.41) is 3.39. The van der Waals surface area contributed by atoms with Crippen LogP contribution in [-0.2, 0) is 9.53 Å². The van der Waals surface area contributed by atoms with Crippen molar-refractivity contribution in [2.75, 3.05) is 64.2 Å². The molecule has 3 amide bonds. The van der Waals surface area contributed by atoms with Gasteiger partial charge >= 0.3 is 0 Å². The van der Waals surface area contributed by atoms with E-state index < -0.39 is 6.10 Å². The summed E-state index contributed by atoms with van der Waals surface area (Å²) >= 11 is 9.81. The van der Waals surface area contributed by atoms with Crippen LogP contribution in [-0.4, -0.2) is 81.5 Å². The normalized spacial score (nSPS) is 14.5. The van der Waals surface area contributed by atoms with Crippen LogP contribution in [0.2, 0.25) is 5.02 Å². The number of hydrogen-bond acceptors (Lipinski definition) is 6. The summed E-state index contributed by atoms with van der Waals surface area (Å²) in [7, 11) is 5.44. The Morgan fingerprint density at radius 3 is 2.55 bits per heavy atom. The van der Waals surface area contributed by atoms with Gasteiger partial charge in [0.05, 0.1) is 24.5 Å². The van der Waals surface area contributed by atoms with Crippen molar-refractivity contribution in [2.45, 2.75) is 25.9 Å². The number of nitrogens with one attached hydrogen (secondary N) is 1. The standard InChI is InChI=1S/C33H38BrClN4O5/c1-5-38(18-17-37(2)3)31(40)21-44-29-11-8-16-39(28-15-13-23(35)20-25(28)29)33(42)22-12-14-27(30(19-22)43-4)36-32(41)24-9-6-7-10-26(24)34/h6-7,9-10,12-15,19-20,29H,5,8,11,16-18,21H2,1-4H3,(H,36,41). The summed E-state index contributed by atoms with van der Waals surface area (Å²) in [5.74, 6) is -0.253. The third-order valence-corrected chi connectivity index (χ3v) is 8.42. The van der Waals surface area contributed by atoms with Gasteiger partial charge in [-0.25, -0.2) is 0 Å². The second-order valence-electron chi connectivity index (χ2n) is 10.7. The molecule has 1 heterocycles. The van der Waals surface area contributed by atoms with Crippen LogP contribution >= 0.6 is 27.5 Å². The van der Waals surface area contributed by atoms with Crippen LogP contribution in [0, 0.1) is 0 Å². The van der Waals surface area contributed by atoms with Crippen molar-refractivity contribution in [2.24, 2.45) is 0 Å². The fraction of sp³-hybridized carbons (Fsp3) is 0.364. The summed E-state index contributed by atoms with van der Waals surface area (Å²) < 4.78 is 12.4. The fourth-order valence-electron chi connectivity index (χ4n) is 5.09. The molecule has 234 valence electrons. The number of anilines is 2. The van der Waals surface area contributed by atoms with Crippen LogP contribution in [0.4, 0.5) is 11.4 Å². The van der Waals surface area contributed by atoms with E-state index in [0.717, 1.165) is 12.1 Å². The number of rotatable bonds is 11. The maximum Gasteiger partial charge on any atom is 0.258 e. The molecule has 11 heteroatoms. The Morgan fingerprint density at radius 1 is 1.07 bits per heavy atom. The Morgan fingerprint density at radius 2 is 1.84 bits per heavy atom. The van der Waals surface area contributed by atoms with Crippen molar-refractivity contribution in [3.05, 3.63) is 86.8 Å². The zero-order valence-electron chi connectivity index (χ0n) is 25.4. The molecule has 0 bridgehead atoms. The van der Waals surface area contributed by atoms with Gasteiger partial charge in [0, 0.05) is 52.5 Å². The summed E-state index contributed by atoms with van der Waals surface area (Å²) in [5.41, 5.74) is 2.76. The van der Waals surface area contributed by atoms with Crippen LogP contribution in [0.1, 0.15) is 52.1 Å². The first kappa shape index (κ1) is 33.5. The number of hydrogen-bond donors (Lipinski definition) is 1. The van der Waals surface area contributed by atoms with E-state index in [1.165, 1.54) is 7.11 Å². The number of benzene rings is 3. The minimum absolute atomic E-state index is 0.0598. The molecule has 44 heavy (non-hydrogen) atoms. The van der Waals surface area contributed by atoms with Gasteiger partial charge < -0.3 is 29.5 Å². The molecule has 0 saturated carbocycles. The zero-order chi connectivity index (χ0) is 31.8. The lowest BCUT2D eigenvalue weighted by Crippen LogP contribution is -2.38. The molecular weight excluding hydrogens is 648 g/mol. The monoisotopic (exact) mass is 684 g/mol. The van der Waals surface area contributed by atoms with Gasteiger partial charge in [-0.15, -0.1) is 0 Å². The predicted molar refractivity (Wildman–Crippen MR) is 177 cm³/mol. The first-order chi connectivity index (χ1) is 21.1. The van der Waals surface area contributed by atoms with Crippen molar-refractivity contribution in [1.82, 2.24) is 9.80 Å². The van der Waals surface area contributed by atoms with E-state index in [1.54, 1.807) is 52.3 Å². The Labute approximate surface area is 272 Å². The molecule has 0 spiro atoms. The molecule has 9 nitrogen and oxygen atoms in total. The van der Waals surface area contributed by atoms with Crippen molar-refractivity contribution < 1.29 is 23.9 Å². The number of nitrogens with zero attached hydrogens (tertiary/aromatic N) is 3. The number of halogens is 2. The Bertz CT molecular complexity index is 1500. The average Bonchev–Trinajstić information content (AvgIpc) is 3.19. The lowest BCUT2D eigenvalue weighted by atomic mass is 10.0. The van der Waals surface area contributed by atoms with E-state index in [1.807, 2.05) is 44.1 Å². The van der Waals surface area contributed by atoms with Crippen LogP contribution in [0.15, 0.2) is 65.1 Å². The Kier molecular flexibility index (Phi) is 11.8. The highest BCUT2D eigenvalue weighted by atomic mass is 79.9. The quantitative estimate of drug-likeness (QED) is 0.256. The molecule has 0 aromatic heterocycles. The van der Waals surface area contributed by atoms with Crippen LogP contribution in [0.5, 0.6) is 5.75 Å². The maximum atomic E-state index is 13.9. The summed E-state index contributed by atoms with van der Waals surface area (Å²) in [6, 6.07) is 17.4. The molecule has 1 aliphatic rings. The van der Waals surface area contributed by atoms with E-state index in [-0.39, 0.29) is 24.3 Å². The molecular formula is C33H38BrClN4O5. The molecule has 1 N–H and O–H groups in total. The van der Waals surface area contributed by atoms with Crippen LogP contribution in [0.25, 0.3) is 0 Å². The van der Waals surface area contributed by atoms with Crippen LogP contribution in [0.3, 0.4) is 0 Å². The van der Waals surface area contributed by atoms with Crippen LogP contribution < -0.4 is 15.0 Å². The first-order valence-electron chi connectivity index (χ1n) is 14.5. The summed E-state index contributed by atoms with van der Waals surface area (Å²) in [6.45, 7) is 4.33. The lowest BCUT2D eigenvalue weighted by molar-refractivity contribution is -0.138. The van der Waals surface area contributed by atoms with E-state index in [2.05, 4.69) is 21.2 Å². The van der Waals surface area contributed by atoms with E-state index in [4.69, 9.17) is 21.1 Å².